The molecule has 0 N–H and O–H groups in total. The maximum atomic E-state index is 12.4. The lowest BCUT2D eigenvalue weighted by molar-refractivity contribution is -0.384. The van der Waals surface area contributed by atoms with Crippen molar-refractivity contribution >= 4 is 23.4 Å². The second kappa shape index (κ2) is 10.0. The molecule has 30 heavy (non-hydrogen) atoms. The summed E-state index contributed by atoms with van der Waals surface area (Å²) in [5.41, 5.74) is 1.52. The summed E-state index contributed by atoms with van der Waals surface area (Å²) in [4.78, 5) is 22.9. The maximum absolute atomic E-state index is 12.4. The number of ether oxygens (including phenoxy) is 1. The summed E-state index contributed by atoms with van der Waals surface area (Å²) in [5.74, 6) is 0.265. The zero-order valence-electron chi connectivity index (χ0n) is 16.7. The SMILES string of the molecule is CCC[C@@H](Sc1nnc(-c2ccc([N+](=O)[O-])cc2)n1-c1ccccc1)C(=O)OCC. The third-order valence-electron chi connectivity index (χ3n) is 4.33. The minimum absolute atomic E-state index is 0.00412. The van der Waals surface area contributed by atoms with Gasteiger partial charge in [-0.25, -0.2) is 0 Å². The summed E-state index contributed by atoms with van der Waals surface area (Å²) in [6.07, 6.45) is 1.48. The smallest absolute Gasteiger partial charge is 0.319 e. The normalized spacial score (nSPS) is 11.8. The molecule has 8 nitrogen and oxygen atoms in total. The number of hydrogen-bond acceptors (Lipinski definition) is 7. The number of hydrogen-bond donors (Lipinski definition) is 0. The van der Waals surface area contributed by atoms with Gasteiger partial charge in [-0.2, -0.15) is 0 Å². The highest BCUT2D eigenvalue weighted by molar-refractivity contribution is 8.00. The predicted molar refractivity (Wildman–Crippen MR) is 115 cm³/mol. The van der Waals surface area contributed by atoms with Crippen LogP contribution in [0.3, 0.4) is 0 Å². The first kappa shape index (κ1) is 21.5. The van der Waals surface area contributed by atoms with Crippen molar-refractivity contribution in [3.05, 3.63) is 64.7 Å². The first-order valence-corrected chi connectivity index (χ1v) is 10.5. The fourth-order valence-electron chi connectivity index (χ4n) is 2.92. The Kier molecular flexibility index (Phi) is 7.18. The molecule has 0 saturated heterocycles. The molecule has 0 unspecified atom stereocenters. The molecule has 0 aliphatic carbocycles. The van der Waals surface area contributed by atoms with E-state index in [4.69, 9.17) is 4.74 Å². The number of para-hydroxylation sites is 1. The number of rotatable bonds is 9. The van der Waals surface area contributed by atoms with Gasteiger partial charge < -0.3 is 4.74 Å². The number of nitro groups is 1. The van der Waals surface area contributed by atoms with Crippen LogP contribution >= 0.6 is 11.8 Å². The molecule has 0 aliphatic heterocycles. The Hall–Kier alpha value is -3.20. The number of non-ortho nitro benzene ring substituents is 1. The average molecular weight is 426 g/mol. The van der Waals surface area contributed by atoms with Crippen molar-refractivity contribution in [3.8, 4) is 17.1 Å². The van der Waals surface area contributed by atoms with E-state index in [9.17, 15) is 14.9 Å². The minimum atomic E-state index is -0.443. The molecule has 0 aliphatic rings. The zero-order chi connectivity index (χ0) is 21.5. The van der Waals surface area contributed by atoms with Crippen LogP contribution in [0.4, 0.5) is 5.69 Å². The van der Waals surface area contributed by atoms with Crippen molar-refractivity contribution in [2.75, 3.05) is 6.61 Å². The van der Waals surface area contributed by atoms with Crippen LogP contribution in [0.5, 0.6) is 0 Å². The lowest BCUT2D eigenvalue weighted by atomic mass is 10.2. The Morgan fingerprint density at radius 1 is 1.13 bits per heavy atom. The van der Waals surface area contributed by atoms with E-state index in [2.05, 4.69) is 10.2 Å². The van der Waals surface area contributed by atoms with Gasteiger partial charge in [0.05, 0.1) is 11.5 Å². The summed E-state index contributed by atoms with van der Waals surface area (Å²) < 4.78 is 7.08. The molecule has 3 aromatic rings. The molecule has 1 heterocycles. The summed E-state index contributed by atoms with van der Waals surface area (Å²) >= 11 is 1.31. The van der Waals surface area contributed by atoms with Crippen LogP contribution in [0.2, 0.25) is 0 Å². The molecular weight excluding hydrogens is 404 g/mol. The lowest BCUT2D eigenvalue weighted by Crippen LogP contribution is -2.20. The number of carbonyl (C=O) groups excluding carboxylic acids is 1. The largest absolute Gasteiger partial charge is 0.465 e. The Balaban J connectivity index is 2.04. The van der Waals surface area contributed by atoms with E-state index in [1.807, 2.05) is 41.8 Å². The van der Waals surface area contributed by atoms with Crippen molar-refractivity contribution < 1.29 is 14.5 Å². The number of nitrogens with zero attached hydrogens (tertiary/aromatic N) is 4. The molecule has 0 radical (unpaired) electrons. The third-order valence-corrected chi connectivity index (χ3v) is 5.52. The third kappa shape index (κ3) is 4.85. The lowest BCUT2D eigenvalue weighted by Gasteiger charge is -2.15. The molecule has 0 spiro atoms. The number of carbonyl (C=O) groups is 1. The van der Waals surface area contributed by atoms with Gasteiger partial charge in [0.25, 0.3) is 5.69 Å². The van der Waals surface area contributed by atoms with Gasteiger partial charge in [-0.1, -0.05) is 43.3 Å². The van der Waals surface area contributed by atoms with E-state index in [-0.39, 0.29) is 11.7 Å². The van der Waals surface area contributed by atoms with E-state index in [1.54, 1.807) is 19.1 Å². The van der Waals surface area contributed by atoms with Gasteiger partial charge >= 0.3 is 5.97 Å². The van der Waals surface area contributed by atoms with Crippen LogP contribution < -0.4 is 0 Å². The molecular formula is C21H22N4O4S. The molecule has 2 aromatic carbocycles. The second-order valence-corrected chi connectivity index (χ2v) is 7.60. The molecule has 0 amide bonds. The highest BCUT2D eigenvalue weighted by Crippen LogP contribution is 2.32. The van der Waals surface area contributed by atoms with Gasteiger partial charge in [-0.05, 0) is 37.6 Å². The zero-order valence-corrected chi connectivity index (χ0v) is 17.5. The first-order chi connectivity index (χ1) is 14.5. The van der Waals surface area contributed by atoms with E-state index in [0.717, 1.165) is 12.1 Å². The number of thioether (sulfide) groups is 1. The summed E-state index contributed by atoms with van der Waals surface area (Å²) in [6.45, 7) is 4.11. The molecule has 1 aromatic heterocycles. The minimum Gasteiger partial charge on any atom is -0.465 e. The molecule has 0 fully saturated rings. The van der Waals surface area contributed by atoms with Gasteiger partial charge in [-0.15, -0.1) is 10.2 Å². The van der Waals surface area contributed by atoms with Crippen LogP contribution in [0.15, 0.2) is 59.8 Å². The average Bonchev–Trinajstić information content (AvgIpc) is 3.18. The monoisotopic (exact) mass is 426 g/mol. The highest BCUT2D eigenvalue weighted by Gasteiger charge is 2.25. The fourth-order valence-corrected chi connectivity index (χ4v) is 4.08. The van der Waals surface area contributed by atoms with Gasteiger partial charge in [0, 0.05) is 23.4 Å². The molecule has 156 valence electrons. The Bertz CT molecular complexity index is 1010. The quantitative estimate of drug-likeness (QED) is 0.212. The van der Waals surface area contributed by atoms with Gasteiger partial charge in [0.2, 0.25) is 0 Å². The fraction of sp³-hybridized carbons (Fsp3) is 0.286. The van der Waals surface area contributed by atoms with Crippen molar-refractivity contribution in [3.63, 3.8) is 0 Å². The van der Waals surface area contributed by atoms with Crippen molar-refractivity contribution in [1.82, 2.24) is 14.8 Å². The van der Waals surface area contributed by atoms with Gasteiger partial charge in [0.1, 0.15) is 5.25 Å². The maximum Gasteiger partial charge on any atom is 0.319 e. The Labute approximate surface area is 178 Å². The van der Waals surface area contributed by atoms with E-state index < -0.39 is 10.2 Å². The standard InChI is InChI=1S/C21H22N4O4S/c1-3-8-18(20(26)29-4-2)30-21-23-22-19(24(21)16-9-6-5-7-10-16)15-11-13-17(14-12-15)25(27)28/h5-7,9-14,18H,3-4,8H2,1-2H3/t18-/m1/s1. The highest BCUT2D eigenvalue weighted by atomic mass is 32.2. The summed E-state index contributed by atoms with van der Waals surface area (Å²) in [6, 6.07) is 15.7. The Morgan fingerprint density at radius 3 is 2.43 bits per heavy atom. The Morgan fingerprint density at radius 2 is 1.83 bits per heavy atom. The first-order valence-electron chi connectivity index (χ1n) is 9.64. The number of esters is 1. The van der Waals surface area contributed by atoms with Gasteiger partial charge in [-0.3, -0.25) is 19.5 Å². The summed E-state index contributed by atoms with van der Waals surface area (Å²) in [7, 11) is 0. The van der Waals surface area contributed by atoms with Crippen LogP contribution in [-0.2, 0) is 9.53 Å². The summed E-state index contributed by atoms with van der Waals surface area (Å²) in [5, 5.41) is 19.8. The van der Waals surface area contributed by atoms with E-state index >= 15 is 0 Å². The van der Waals surface area contributed by atoms with Crippen LogP contribution in [0, 0.1) is 10.1 Å². The van der Waals surface area contributed by atoms with Crippen molar-refractivity contribution in [1.29, 1.82) is 0 Å². The number of benzene rings is 2. The number of aromatic nitrogens is 3. The topological polar surface area (TPSA) is 100 Å². The molecule has 0 bridgehead atoms. The number of nitro benzene ring substituents is 1. The van der Waals surface area contributed by atoms with Crippen LogP contribution in [0.1, 0.15) is 26.7 Å². The van der Waals surface area contributed by atoms with E-state index in [1.165, 1.54) is 23.9 Å². The van der Waals surface area contributed by atoms with Gasteiger partial charge in [0.15, 0.2) is 11.0 Å². The van der Waals surface area contributed by atoms with Crippen molar-refractivity contribution in [2.24, 2.45) is 0 Å². The molecule has 0 saturated carbocycles. The molecule has 9 heteroatoms. The van der Waals surface area contributed by atoms with Crippen LogP contribution in [-0.4, -0.2) is 37.5 Å². The molecule has 1 atom stereocenters. The van der Waals surface area contributed by atoms with E-state index in [0.29, 0.717) is 29.6 Å². The molecule has 3 rings (SSSR count). The predicted octanol–water partition coefficient (Wildman–Crippen LogP) is 4.67. The van der Waals surface area contributed by atoms with Crippen molar-refractivity contribution in [2.45, 2.75) is 37.1 Å². The van der Waals surface area contributed by atoms with Crippen LogP contribution in [0.25, 0.3) is 17.1 Å². The second-order valence-electron chi connectivity index (χ2n) is 6.43.